The van der Waals surface area contributed by atoms with E-state index in [1.54, 1.807) is 30.5 Å². The smallest absolute Gasteiger partial charge is 0.254 e. The van der Waals surface area contributed by atoms with Crippen molar-refractivity contribution in [3.8, 4) is 0 Å². The van der Waals surface area contributed by atoms with Crippen LogP contribution in [-0.2, 0) is 13.0 Å². The highest BCUT2D eigenvalue weighted by Crippen LogP contribution is 2.15. The number of nitrogens with one attached hydrogen (secondary N) is 1. The van der Waals surface area contributed by atoms with Gasteiger partial charge in [-0.3, -0.25) is 4.79 Å². The van der Waals surface area contributed by atoms with Crippen molar-refractivity contribution >= 4 is 11.7 Å². The second kappa shape index (κ2) is 9.82. The van der Waals surface area contributed by atoms with Crippen molar-refractivity contribution in [2.75, 3.05) is 11.9 Å². The third-order valence-electron chi connectivity index (χ3n) is 4.72. The van der Waals surface area contributed by atoms with Crippen molar-refractivity contribution in [1.29, 1.82) is 0 Å². The Morgan fingerprint density at radius 1 is 1.03 bits per heavy atom. The van der Waals surface area contributed by atoms with Gasteiger partial charge in [-0.15, -0.1) is 0 Å². The summed E-state index contributed by atoms with van der Waals surface area (Å²) in [5.74, 6) is 0.397. The molecule has 0 atom stereocenters. The van der Waals surface area contributed by atoms with Crippen molar-refractivity contribution in [2.45, 2.75) is 32.9 Å². The maximum atomic E-state index is 13.1. The molecule has 0 unspecified atom stereocenters. The van der Waals surface area contributed by atoms with Crippen LogP contribution in [0.5, 0.6) is 0 Å². The number of amides is 1. The summed E-state index contributed by atoms with van der Waals surface area (Å²) < 4.78 is 13.0. The zero-order valence-electron chi connectivity index (χ0n) is 16.8. The first kappa shape index (κ1) is 20.5. The predicted molar refractivity (Wildman–Crippen MR) is 114 cm³/mol. The molecule has 0 saturated heterocycles. The lowest BCUT2D eigenvalue weighted by atomic mass is 10.1. The molecule has 0 bridgehead atoms. The Morgan fingerprint density at radius 2 is 1.76 bits per heavy atom. The molecule has 2 aromatic carbocycles. The molecule has 0 spiro atoms. The lowest BCUT2D eigenvalue weighted by Gasteiger charge is -2.27. The van der Waals surface area contributed by atoms with Gasteiger partial charge < -0.3 is 10.2 Å². The monoisotopic (exact) mass is 391 g/mol. The number of rotatable bonds is 8. The normalized spacial score (nSPS) is 10.8. The molecule has 3 rings (SSSR count). The summed E-state index contributed by atoms with van der Waals surface area (Å²) in [7, 11) is 0. The van der Waals surface area contributed by atoms with Gasteiger partial charge in [0.2, 0.25) is 0 Å². The molecule has 1 heterocycles. The van der Waals surface area contributed by atoms with Crippen LogP contribution in [0.2, 0.25) is 0 Å². The lowest BCUT2D eigenvalue weighted by molar-refractivity contribution is 0.0690. The number of carbonyl (C=O) groups is 1. The van der Waals surface area contributed by atoms with E-state index in [0.717, 1.165) is 17.5 Å². The average molecular weight is 391 g/mol. The van der Waals surface area contributed by atoms with Gasteiger partial charge in [-0.2, -0.15) is 0 Å². The third kappa shape index (κ3) is 5.88. The minimum absolute atomic E-state index is 0.0205. The highest BCUT2D eigenvalue weighted by Gasteiger charge is 2.19. The van der Waals surface area contributed by atoms with Crippen LogP contribution in [0.3, 0.4) is 0 Å². The zero-order valence-corrected chi connectivity index (χ0v) is 16.8. The molecule has 3 aromatic rings. The third-order valence-corrected chi connectivity index (χ3v) is 4.72. The molecule has 0 aliphatic heterocycles. The molecule has 29 heavy (non-hydrogen) atoms. The molecule has 0 fully saturated rings. The number of carbonyl (C=O) groups excluding carboxylic acids is 1. The van der Waals surface area contributed by atoms with E-state index >= 15 is 0 Å². The molecule has 150 valence electrons. The molecular weight excluding hydrogens is 365 g/mol. The number of anilines is 1. The summed E-state index contributed by atoms with van der Waals surface area (Å²) in [4.78, 5) is 19.3. The van der Waals surface area contributed by atoms with E-state index in [4.69, 9.17) is 0 Å². The molecule has 0 saturated carbocycles. The Labute approximate surface area is 171 Å². The first-order valence-electron chi connectivity index (χ1n) is 9.82. The summed E-state index contributed by atoms with van der Waals surface area (Å²) in [6.07, 6.45) is 2.39. The number of hydrogen-bond acceptors (Lipinski definition) is 3. The van der Waals surface area contributed by atoms with E-state index in [2.05, 4.69) is 10.3 Å². The fourth-order valence-corrected chi connectivity index (χ4v) is 3.08. The van der Waals surface area contributed by atoms with E-state index in [1.807, 2.05) is 49.1 Å². The Bertz CT molecular complexity index is 926. The minimum Gasteiger partial charge on any atom is -0.370 e. The van der Waals surface area contributed by atoms with E-state index < -0.39 is 0 Å². The van der Waals surface area contributed by atoms with Crippen LogP contribution in [-0.4, -0.2) is 28.4 Å². The first-order valence-corrected chi connectivity index (χ1v) is 9.82. The van der Waals surface area contributed by atoms with Crippen molar-refractivity contribution in [1.82, 2.24) is 9.88 Å². The quantitative estimate of drug-likeness (QED) is 0.592. The number of hydrogen-bond donors (Lipinski definition) is 1. The predicted octanol–water partition coefficient (Wildman–Crippen LogP) is 4.93. The molecule has 0 aliphatic rings. The van der Waals surface area contributed by atoms with Gasteiger partial charge in [-0.05, 0) is 55.7 Å². The summed E-state index contributed by atoms with van der Waals surface area (Å²) in [5, 5.41) is 3.25. The van der Waals surface area contributed by atoms with Crippen LogP contribution in [0, 0.1) is 5.82 Å². The number of halogens is 1. The number of nitrogens with zero attached hydrogens (tertiary/aromatic N) is 2. The van der Waals surface area contributed by atoms with Crippen molar-refractivity contribution in [3.63, 3.8) is 0 Å². The maximum Gasteiger partial charge on any atom is 0.254 e. The van der Waals surface area contributed by atoms with Crippen LogP contribution in [0.1, 0.15) is 35.3 Å². The number of pyridine rings is 1. The summed E-state index contributed by atoms with van der Waals surface area (Å²) >= 11 is 0. The van der Waals surface area contributed by atoms with Gasteiger partial charge in [0.05, 0.1) is 0 Å². The average Bonchev–Trinajstić information content (AvgIpc) is 2.74. The van der Waals surface area contributed by atoms with Crippen LogP contribution >= 0.6 is 0 Å². The Balaban J connectivity index is 1.64. The molecule has 0 radical (unpaired) electrons. The van der Waals surface area contributed by atoms with E-state index in [9.17, 15) is 9.18 Å². The van der Waals surface area contributed by atoms with Crippen LogP contribution in [0.15, 0.2) is 72.9 Å². The highest BCUT2D eigenvalue weighted by molar-refractivity contribution is 5.95. The highest BCUT2D eigenvalue weighted by atomic mass is 19.1. The van der Waals surface area contributed by atoms with Crippen LogP contribution in [0.25, 0.3) is 0 Å². The van der Waals surface area contributed by atoms with Gasteiger partial charge >= 0.3 is 0 Å². The number of benzene rings is 2. The van der Waals surface area contributed by atoms with Crippen LogP contribution < -0.4 is 5.32 Å². The Morgan fingerprint density at radius 3 is 2.45 bits per heavy atom. The molecule has 1 amide bonds. The van der Waals surface area contributed by atoms with Gasteiger partial charge in [0.25, 0.3) is 5.91 Å². The summed E-state index contributed by atoms with van der Waals surface area (Å²) in [6, 6.07) is 20.0. The Kier molecular flexibility index (Phi) is 6.95. The molecule has 0 aliphatic carbocycles. The summed E-state index contributed by atoms with van der Waals surface area (Å²) in [5.41, 5.74) is 2.75. The zero-order chi connectivity index (χ0) is 20.6. The molecular formula is C24H26FN3O. The molecule has 1 N–H and O–H groups in total. The van der Waals surface area contributed by atoms with Crippen molar-refractivity contribution in [3.05, 3.63) is 95.4 Å². The van der Waals surface area contributed by atoms with Crippen LogP contribution in [0.4, 0.5) is 10.2 Å². The van der Waals surface area contributed by atoms with Gasteiger partial charge in [0, 0.05) is 30.9 Å². The van der Waals surface area contributed by atoms with E-state index in [1.165, 1.54) is 12.1 Å². The standard InChI is InChI=1S/C24H26FN3O/c1-18(2)28(17-20-6-4-3-5-7-20)24(29)21-13-15-27-23(16-21)26-14-12-19-8-10-22(25)11-9-19/h3-11,13,15-16,18H,12,14,17H2,1-2H3,(H,26,27). The topological polar surface area (TPSA) is 45.2 Å². The van der Waals surface area contributed by atoms with Gasteiger partial charge in [0.1, 0.15) is 11.6 Å². The molecule has 1 aromatic heterocycles. The lowest BCUT2D eigenvalue weighted by Crippen LogP contribution is -2.36. The van der Waals surface area contributed by atoms with Gasteiger partial charge in [-0.25, -0.2) is 9.37 Å². The molecule has 4 nitrogen and oxygen atoms in total. The van der Waals surface area contributed by atoms with Crippen molar-refractivity contribution < 1.29 is 9.18 Å². The largest absolute Gasteiger partial charge is 0.370 e. The molecule has 5 heteroatoms. The first-order chi connectivity index (χ1) is 14.0. The second-order valence-corrected chi connectivity index (χ2v) is 7.25. The maximum absolute atomic E-state index is 13.1. The van der Waals surface area contributed by atoms with Gasteiger partial charge in [-0.1, -0.05) is 42.5 Å². The summed E-state index contributed by atoms with van der Waals surface area (Å²) in [6.45, 7) is 5.24. The van der Waals surface area contributed by atoms with Crippen molar-refractivity contribution in [2.24, 2.45) is 0 Å². The minimum atomic E-state index is -0.236. The fourth-order valence-electron chi connectivity index (χ4n) is 3.08. The SMILES string of the molecule is CC(C)N(Cc1ccccc1)C(=O)c1ccnc(NCCc2ccc(F)cc2)c1. The number of aromatic nitrogens is 1. The fraction of sp³-hybridized carbons (Fsp3) is 0.250. The van der Waals surface area contributed by atoms with Gasteiger partial charge in [0.15, 0.2) is 0 Å². The van der Waals surface area contributed by atoms with E-state index in [0.29, 0.717) is 24.5 Å². The second-order valence-electron chi connectivity index (χ2n) is 7.25. The Hall–Kier alpha value is -3.21. The van der Waals surface area contributed by atoms with E-state index in [-0.39, 0.29) is 17.8 Å².